The predicted molar refractivity (Wildman–Crippen MR) is 89.7 cm³/mol. The third-order valence-electron chi connectivity index (χ3n) is 4.17. The Morgan fingerprint density at radius 3 is 3.17 bits per heavy atom. The molecule has 0 radical (unpaired) electrons. The molecule has 8 heteroatoms. The van der Waals surface area contributed by atoms with E-state index in [0.29, 0.717) is 16.9 Å². The number of nitrogens with one attached hydrogen (secondary N) is 2. The zero-order valence-corrected chi connectivity index (χ0v) is 13.2. The van der Waals surface area contributed by atoms with Gasteiger partial charge < -0.3 is 16.4 Å². The van der Waals surface area contributed by atoms with E-state index in [1.807, 2.05) is 19.2 Å². The lowest BCUT2D eigenvalue weighted by Crippen LogP contribution is -2.25. The van der Waals surface area contributed by atoms with Crippen LogP contribution >= 0.6 is 0 Å². The van der Waals surface area contributed by atoms with Crippen molar-refractivity contribution in [2.45, 2.75) is 19.9 Å². The third kappa shape index (κ3) is 2.37. The van der Waals surface area contributed by atoms with Crippen LogP contribution in [-0.2, 0) is 13.0 Å². The SMILES string of the molecule is Cc1ccncc1NC(=O)c1c(N)nn2cc3c(nc12)CCNC3. The van der Waals surface area contributed by atoms with Gasteiger partial charge in [-0.05, 0) is 18.6 Å². The van der Waals surface area contributed by atoms with Gasteiger partial charge in [0.1, 0.15) is 5.56 Å². The Hall–Kier alpha value is -3.00. The van der Waals surface area contributed by atoms with E-state index in [4.69, 9.17) is 5.73 Å². The van der Waals surface area contributed by atoms with Crippen LogP contribution in [0.15, 0.2) is 24.7 Å². The van der Waals surface area contributed by atoms with E-state index in [2.05, 4.69) is 25.7 Å². The maximum absolute atomic E-state index is 12.7. The number of carbonyl (C=O) groups excluding carboxylic acids is 1. The molecule has 0 bridgehead atoms. The summed E-state index contributed by atoms with van der Waals surface area (Å²) >= 11 is 0. The number of carbonyl (C=O) groups is 1. The van der Waals surface area contributed by atoms with Gasteiger partial charge in [-0.25, -0.2) is 9.50 Å². The summed E-state index contributed by atoms with van der Waals surface area (Å²) in [5, 5.41) is 10.4. The molecule has 4 rings (SSSR count). The highest BCUT2D eigenvalue weighted by Crippen LogP contribution is 2.22. The van der Waals surface area contributed by atoms with Crippen LogP contribution in [0.2, 0.25) is 0 Å². The fourth-order valence-electron chi connectivity index (χ4n) is 2.85. The Balaban J connectivity index is 1.77. The van der Waals surface area contributed by atoms with Gasteiger partial charge in [-0.1, -0.05) is 0 Å². The number of nitrogens with two attached hydrogens (primary N) is 1. The van der Waals surface area contributed by atoms with Crippen molar-refractivity contribution in [3.05, 3.63) is 47.0 Å². The van der Waals surface area contributed by atoms with Crippen molar-refractivity contribution in [1.82, 2.24) is 24.9 Å². The standard InChI is InChI=1S/C16H17N7O/c1-9-2-4-19-7-12(9)21-16(24)13-14(17)22-23-8-10-6-18-5-3-11(10)20-15(13)23/h2,4,7-8,18H,3,5-6H2,1H3,(H2,17,22)(H,21,24). The Morgan fingerprint density at radius 2 is 2.33 bits per heavy atom. The molecule has 122 valence electrons. The van der Waals surface area contributed by atoms with Crippen molar-refractivity contribution < 1.29 is 4.79 Å². The highest BCUT2D eigenvalue weighted by atomic mass is 16.1. The van der Waals surface area contributed by atoms with Gasteiger partial charge in [0.05, 0.1) is 17.6 Å². The number of aryl methyl sites for hydroxylation is 1. The largest absolute Gasteiger partial charge is 0.381 e. The molecular formula is C16H17N7O. The van der Waals surface area contributed by atoms with E-state index in [1.165, 1.54) is 0 Å². The average molecular weight is 323 g/mol. The summed E-state index contributed by atoms with van der Waals surface area (Å²) in [6, 6.07) is 1.83. The lowest BCUT2D eigenvalue weighted by Gasteiger charge is -2.15. The number of pyridine rings is 1. The van der Waals surface area contributed by atoms with Crippen molar-refractivity contribution in [3.63, 3.8) is 0 Å². The van der Waals surface area contributed by atoms with Gasteiger partial charge in [0.2, 0.25) is 0 Å². The minimum Gasteiger partial charge on any atom is -0.381 e. The van der Waals surface area contributed by atoms with Crippen molar-refractivity contribution in [3.8, 4) is 0 Å². The molecular weight excluding hydrogens is 306 g/mol. The fraction of sp³-hybridized carbons (Fsp3) is 0.250. The molecule has 0 fully saturated rings. The van der Waals surface area contributed by atoms with E-state index < -0.39 is 0 Å². The van der Waals surface area contributed by atoms with Gasteiger partial charge in [-0.15, -0.1) is 5.10 Å². The van der Waals surface area contributed by atoms with Crippen LogP contribution in [0.3, 0.4) is 0 Å². The van der Waals surface area contributed by atoms with Crippen LogP contribution in [0.25, 0.3) is 5.65 Å². The summed E-state index contributed by atoms with van der Waals surface area (Å²) < 4.78 is 1.58. The smallest absolute Gasteiger partial charge is 0.263 e. The summed E-state index contributed by atoms with van der Waals surface area (Å²) in [6.07, 6.45) is 5.98. The highest BCUT2D eigenvalue weighted by Gasteiger charge is 2.22. The lowest BCUT2D eigenvalue weighted by atomic mass is 10.1. The Morgan fingerprint density at radius 1 is 1.46 bits per heavy atom. The van der Waals surface area contributed by atoms with Gasteiger partial charge >= 0.3 is 0 Å². The summed E-state index contributed by atoms with van der Waals surface area (Å²) in [5.41, 5.74) is 10.4. The van der Waals surface area contributed by atoms with Crippen LogP contribution < -0.4 is 16.4 Å². The second kappa shape index (κ2) is 5.57. The Bertz CT molecular complexity index is 947. The molecule has 4 N–H and O–H groups in total. The molecule has 24 heavy (non-hydrogen) atoms. The monoisotopic (exact) mass is 323 g/mol. The molecule has 0 saturated heterocycles. The molecule has 8 nitrogen and oxygen atoms in total. The minimum atomic E-state index is -0.333. The Labute approximate surface area is 138 Å². The number of hydrogen-bond acceptors (Lipinski definition) is 6. The zero-order chi connectivity index (χ0) is 16.7. The number of nitrogens with zero attached hydrogens (tertiary/aromatic N) is 4. The quantitative estimate of drug-likeness (QED) is 0.646. The first-order valence-corrected chi connectivity index (χ1v) is 7.73. The summed E-state index contributed by atoms with van der Waals surface area (Å²) in [4.78, 5) is 21.4. The summed E-state index contributed by atoms with van der Waals surface area (Å²) in [6.45, 7) is 3.52. The van der Waals surface area contributed by atoms with E-state index in [9.17, 15) is 4.79 Å². The fourth-order valence-corrected chi connectivity index (χ4v) is 2.85. The van der Waals surface area contributed by atoms with Crippen LogP contribution in [-0.4, -0.2) is 32.0 Å². The van der Waals surface area contributed by atoms with Crippen LogP contribution in [0.4, 0.5) is 11.5 Å². The molecule has 1 aliphatic heterocycles. The maximum Gasteiger partial charge on any atom is 0.263 e. The molecule has 0 spiro atoms. The minimum absolute atomic E-state index is 0.164. The van der Waals surface area contributed by atoms with Crippen molar-refractivity contribution >= 4 is 23.1 Å². The van der Waals surface area contributed by atoms with E-state index in [-0.39, 0.29) is 11.7 Å². The number of amides is 1. The van der Waals surface area contributed by atoms with Crippen LogP contribution in [0.5, 0.6) is 0 Å². The topological polar surface area (TPSA) is 110 Å². The second-order valence-electron chi connectivity index (χ2n) is 5.81. The van der Waals surface area contributed by atoms with Crippen molar-refractivity contribution in [2.24, 2.45) is 0 Å². The van der Waals surface area contributed by atoms with Gasteiger partial charge in [0.25, 0.3) is 5.91 Å². The number of fused-ring (bicyclic) bond motifs is 2. The Kier molecular flexibility index (Phi) is 3.39. The first-order chi connectivity index (χ1) is 11.6. The summed E-state index contributed by atoms with van der Waals surface area (Å²) in [7, 11) is 0. The molecule has 1 amide bonds. The predicted octanol–water partition coefficient (Wildman–Crippen LogP) is 0.913. The average Bonchev–Trinajstić information content (AvgIpc) is 2.89. The number of nitrogen functional groups attached to an aromatic ring is 1. The zero-order valence-electron chi connectivity index (χ0n) is 13.2. The third-order valence-corrected chi connectivity index (χ3v) is 4.17. The molecule has 0 unspecified atom stereocenters. The van der Waals surface area contributed by atoms with E-state index in [1.54, 1.807) is 16.9 Å². The van der Waals surface area contributed by atoms with Gasteiger partial charge in [-0.2, -0.15) is 0 Å². The van der Waals surface area contributed by atoms with Crippen molar-refractivity contribution in [2.75, 3.05) is 17.6 Å². The van der Waals surface area contributed by atoms with Crippen LogP contribution in [0, 0.1) is 6.92 Å². The normalized spacial score (nSPS) is 13.7. The molecule has 3 aromatic heterocycles. The first kappa shape index (κ1) is 14.6. The molecule has 1 aliphatic rings. The summed E-state index contributed by atoms with van der Waals surface area (Å²) in [5.74, 6) is -0.170. The van der Waals surface area contributed by atoms with E-state index in [0.717, 1.165) is 36.3 Å². The first-order valence-electron chi connectivity index (χ1n) is 7.73. The molecule has 0 aliphatic carbocycles. The lowest BCUT2D eigenvalue weighted by molar-refractivity contribution is 0.102. The maximum atomic E-state index is 12.7. The van der Waals surface area contributed by atoms with Gasteiger partial charge in [-0.3, -0.25) is 9.78 Å². The van der Waals surface area contributed by atoms with Crippen LogP contribution in [0.1, 0.15) is 27.2 Å². The van der Waals surface area contributed by atoms with Gasteiger partial charge in [0, 0.05) is 37.5 Å². The van der Waals surface area contributed by atoms with Crippen molar-refractivity contribution in [1.29, 1.82) is 0 Å². The van der Waals surface area contributed by atoms with E-state index >= 15 is 0 Å². The highest BCUT2D eigenvalue weighted by molar-refractivity contribution is 6.11. The molecule has 3 aromatic rings. The number of aromatic nitrogens is 4. The second-order valence-corrected chi connectivity index (χ2v) is 5.81. The molecule has 0 aromatic carbocycles. The van der Waals surface area contributed by atoms with Gasteiger partial charge in [0.15, 0.2) is 11.5 Å². The molecule has 0 saturated carbocycles. The molecule has 0 atom stereocenters. The number of rotatable bonds is 2. The molecule has 4 heterocycles. The number of anilines is 2. The number of hydrogen-bond donors (Lipinski definition) is 3.